The Labute approximate surface area is 263 Å². The largest absolute Gasteiger partial charge is 0.461 e. The maximum absolute atomic E-state index is 14.5. The molecule has 4 aliphatic heterocycles. The average Bonchev–Trinajstić information content (AvgIpc) is 3.58. The van der Waals surface area contributed by atoms with Crippen LogP contribution in [0, 0.1) is 11.3 Å². The predicted molar refractivity (Wildman–Crippen MR) is 167 cm³/mol. The lowest BCUT2D eigenvalue weighted by Crippen LogP contribution is -2.55. The number of alkyl halides is 1. The minimum Gasteiger partial charge on any atom is -0.461 e. The molecule has 0 unspecified atom stereocenters. The van der Waals surface area contributed by atoms with E-state index in [1.54, 1.807) is 0 Å². The molecule has 7 rings (SSSR count). The lowest BCUT2D eigenvalue weighted by atomic mass is 9.89. The third-order valence-corrected chi connectivity index (χ3v) is 10.6. The monoisotopic (exact) mass is 617 g/mol. The number of aromatic nitrogens is 2. The molecule has 238 valence electrons. The van der Waals surface area contributed by atoms with Gasteiger partial charge in [0.05, 0.1) is 36.3 Å². The number of nitriles is 1. The van der Waals surface area contributed by atoms with Crippen LogP contribution in [0.3, 0.4) is 0 Å². The Morgan fingerprint density at radius 2 is 1.93 bits per heavy atom. The Morgan fingerprint density at radius 3 is 2.78 bits per heavy atom. The maximum atomic E-state index is 14.5. The van der Waals surface area contributed by atoms with Crippen LogP contribution in [-0.2, 0) is 30.6 Å². The Morgan fingerprint density at radius 1 is 1.07 bits per heavy atom. The van der Waals surface area contributed by atoms with Gasteiger partial charge in [0.25, 0.3) is 5.91 Å². The van der Waals surface area contributed by atoms with Gasteiger partial charge in [-0.25, -0.2) is 8.78 Å². The SMILES string of the molecule is C=C(F)C(=O)N1CCN(c2nc(OC[C@@]34CCCN3C[C@H](F)C4)nc3c2CCN(c2cccc4c2CCCC4)C3)C[C@@H]1CC#N. The fraction of sp³-hybridized carbons (Fsp3) is 0.588. The van der Waals surface area contributed by atoms with Crippen LogP contribution in [0.25, 0.3) is 0 Å². The first-order valence-corrected chi connectivity index (χ1v) is 16.4. The van der Waals surface area contributed by atoms with E-state index in [0.29, 0.717) is 39.2 Å². The minimum atomic E-state index is -1.02. The average molecular weight is 618 g/mol. The molecule has 3 fully saturated rings. The number of fused-ring (bicyclic) bond motifs is 3. The first-order chi connectivity index (χ1) is 21.8. The fourth-order valence-corrected chi connectivity index (χ4v) is 8.38. The zero-order valence-electron chi connectivity index (χ0n) is 25.8. The second kappa shape index (κ2) is 12.2. The molecule has 0 radical (unpaired) electrons. The molecular formula is C34H41F2N7O2. The van der Waals surface area contributed by atoms with Crippen LogP contribution in [0.2, 0.25) is 0 Å². The van der Waals surface area contributed by atoms with Gasteiger partial charge in [-0.15, -0.1) is 0 Å². The highest BCUT2D eigenvalue weighted by Gasteiger charge is 2.49. The summed E-state index contributed by atoms with van der Waals surface area (Å²) in [6.07, 6.45) is 6.96. The Balaban J connectivity index is 1.21. The number of halogens is 2. The van der Waals surface area contributed by atoms with E-state index in [9.17, 15) is 18.8 Å². The van der Waals surface area contributed by atoms with Crippen molar-refractivity contribution in [1.29, 1.82) is 5.26 Å². The molecule has 0 N–H and O–H groups in total. The molecule has 0 saturated carbocycles. The number of benzene rings is 1. The lowest BCUT2D eigenvalue weighted by Gasteiger charge is -2.42. The zero-order chi connectivity index (χ0) is 31.1. The number of ether oxygens (including phenoxy) is 1. The number of hydrogen-bond donors (Lipinski definition) is 0. The van der Waals surface area contributed by atoms with Crippen molar-refractivity contribution < 1.29 is 18.3 Å². The van der Waals surface area contributed by atoms with Crippen LogP contribution in [0.4, 0.5) is 20.3 Å². The molecule has 3 saturated heterocycles. The van der Waals surface area contributed by atoms with Gasteiger partial charge >= 0.3 is 6.01 Å². The van der Waals surface area contributed by atoms with Gasteiger partial charge in [-0.2, -0.15) is 15.2 Å². The third-order valence-electron chi connectivity index (χ3n) is 10.6. The molecule has 11 heteroatoms. The molecule has 5 aliphatic rings. The maximum Gasteiger partial charge on any atom is 0.318 e. The molecule has 1 aromatic heterocycles. The highest BCUT2D eigenvalue weighted by Crippen LogP contribution is 2.41. The molecule has 0 bridgehead atoms. The van der Waals surface area contributed by atoms with E-state index >= 15 is 0 Å². The summed E-state index contributed by atoms with van der Waals surface area (Å²) < 4.78 is 34.7. The van der Waals surface area contributed by atoms with E-state index in [1.165, 1.54) is 34.6 Å². The number of anilines is 2. The van der Waals surface area contributed by atoms with Crippen LogP contribution in [0.15, 0.2) is 30.6 Å². The lowest BCUT2D eigenvalue weighted by molar-refractivity contribution is -0.131. The van der Waals surface area contributed by atoms with Crippen molar-refractivity contribution in [3.05, 3.63) is 53.0 Å². The van der Waals surface area contributed by atoms with Crippen LogP contribution >= 0.6 is 0 Å². The minimum absolute atomic E-state index is 0.0712. The molecule has 1 aromatic carbocycles. The number of amides is 1. The summed E-state index contributed by atoms with van der Waals surface area (Å²) in [4.78, 5) is 30.6. The number of carbonyl (C=O) groups is 1. The van der Waals surface area contributed by atoms with E-state index in [-0.39, 0.29) is 24.5 Å². The van der Waals surface area contributed by atoms with Gasteiger partial charge in [0.2, 0.25) is 0 Å². The number of aryl methyl sites for hydroxylation is 1. The van der Waals surface area contributed by atoms with Crippen LogP contribution < -0.4 is 14.5 Å². The fourth-order valence-electron chi connectivity index (χ4n) is 8.38. The zero-order valence-corrected chi connectivity index (χ0v) is 25.8. The quantitative estimate of drug-likeness (QED) is 0.426. The van der Waals surface area contributed by atoms with Gasteiger partial charge in [-0.1, -0.05) is 18.7 Å². The first kappa shape index (κ1) is 29.9. The molecule has 2 aromatic rings. The van der Waals surface area contributed by atoms with Crippen molar-refractivity contribution in [2.75, 3.05) is 55.7 Å². The normalized spacial score (nSPS) is 26.2. The van der Waals surface area contributed by atoms with Crippen molar-refractivity contribution in [3.8, 4) is 12.1 Å². The molecule has 0 spiro atoms. The second-order valence-corrected chi connectivity index (χ2v) is 13.3. The van der Waals surface area contributed by atoms with Crippen LogP contribution in [0.1, 0.15) is 60.9 Å². The molecule has 1 aliphatic carbocycles. The van der Waals surface area contributed by atoms with Gasteiger partial charge in [0, 0.05) is 50.4 Å². The van der Waals surface area contributed by atoms with Crippen molar-refractivity contribution in [2.45, 2.75) is 82.1 Å². The summed E-state index contributed by atoms with van der Waals surface area (Å²) >= 11 is 0. The number of hydrogen-bond acceptors (Lipinski definition) is 8. The standard InChI is InChI=1S/C34H41F2N7O2/c1-23(35)32(44)43-17-16-41(20-26(43)10-13-37)31-28-11-15-40(30-9-4-7-24-6-2-3-8-27(24)30)21-29(28)38-33(39-31)45-22-34-12-5-14-42(34)19-25(36)18-34/h4,7,9,25-26H,1-3,5-6,8,10-12,14-22H2/t25-,26+,34+/m1/s1. The summed E-state index contributed by atoms with van der Waals surface area (Å²) in [5, 5.41) is 9.53. The molecule has 9 nitrogen and oxygen atoms in total. The highest BCUT2D eigenvalue weighted by atomic mass is 19.1. The summed E-state index contributed by atoms with van der Waals surface area (Å²) in [5.41, 5.74) is 5.76. The van der Waals surface area contributed by atoms with Gasteiger partial charge in [0.1, 0.15) is 18.6 Å². The summed E-state index contributed by atoms with van der Waals surface area (Å²) in [6, 6.07) is 8.56. The third kappa shape index (κ3) is 5.62. The first-order valence-electron chi connectivity index (χ1n) is 16.4. The smallest absolute Gasteiger partial charge is 0.318 e. The van der Waals surface area contributed by atoms with Gasteiger partial charge in [-0.05, 0) is 68.7 Å². The number of piperazine rings is 1. The van der Waals surface area contributed by atoms with E-state index in [0.717, 1.165) is 62.3 Å². The number of rotatable bonds is 7. The highest BCUT2D eigenvalue weighted by molar-refractivity contribution is 5.91. The Kier molecular flexibility index (Phi) is 8.11. The van der Waals surface area contributed by atoms with E-state index < -0.39 is 23.9 Å². The molecule has 45 heavy (non-hydrogen) atoms. The topological polar surface area (TPSA) is 88.8 Å². The second-order valence-electron chi connectivity index (χ2n) is 13.3. The van der Waals surface area contributed by atoms with Crippen LogP contribution in [-0.4, -0.2) is 89.3 Å². The number of carbonyl (C=O) groups excluding carboxylic acids is 1. The molecule has 1 amide bonds. The van der Waals surface area contributed by atoms with Crippen molar-refractivity contribution >= 4 is 17.4 Å². The Bertz CT molecular complexity index is 1530. The Hall–Kier alpha value is -3.78. The van der Waals surface area contributed by atoms with Crippen molar-refractivity contribution in [2.24, 2.45) is 0 Å². The summed E-state index contributed by atoms with van der Waals surface area (Å²) in [6.45, 7) is 7.30. The summed E-state index contributed by atoms with van der Waals surface area (Å²) in [7, 11) is 0. The predicted octanol–water partition coefficient (Wildman–Crippen LogP) is 4.29. The van der Waals surface area contributed by atoms with Gasteiger partial charge in [-0.3, -0.25) is 9.69 Å². The van der Waals surface area contributed by atoms with E-state index in [1.807, 2.05) is 0 Å². The molecule has 5 heterocycles. The van der Waals surface area contributed by atoms with Crippen molar-refractivity contribution in [1.82, 2.24) is 19.8 Å². The summed E-state index contributed by atoms with van der Waals surface area (Å²) in [5.74, 6) is -1.05. The van der Waals surface area contributed by atoms with Gasteiger partial charge < -0.3 is 19.4 Å². The number of nitrogens with zero attached hydrogens (tertiary/aromatic N) is 7. The van der Waals surface area contributed by atoms with Crippen molar-refractivity contribution in [3.63, 3.8) is 0 Å². The van der Waals surface area contributed by atoms with E-state index in [2.05, 4.69) is 45.5 Å². The van der Waals surface area contributed by atoms with Gasteiger partial charge in [0.15, 0.2) is 5.83 Å². The van der Waals surface area contributed by atoms with E-state index in [4.69, 9.17) is 14.7 Å². The molecular weight excluding hydrogens is 576 g/mol. The molecule has 3 atom stereocenters. The van der Waals surface area contributed by atoms with Crippen LogP contribution in [0.5, 0.6) is 6.01 Å².